The van der Waals surface area contributed by atoms with Gasteiger partial charge in [-0.25, -0.2) is 0 Å². The molecule has 3 N–H and O–H groups in total. The molecule has 0 aliphatic rings. The number of ether oxygens (including phenoxy) is 1. The van der Waals surface area contributed by atoms with E-state index in [1.807, 2.05) is 24.3 Å². The SMILES string of the molecule is COc1cccc(-c2c(-c3cn[nH]c3)noc2N)c1. The average Bonchev–Trinajstić information content (AvgIpc) is 3.07. The fraction of sp³-hybridized carbons (Fsp3) is 0.0769. The lowest BCUT2D eigenvalue weighted by molar-refractivity contribution is 0.415. The lowest BCUT2D eigenvalue weighted by atomic mass is 10.0. The van der Waals surface area contributed by atoms with Gasteiger partial charge in [0.05, 0.1) is 18.9 Å². The molecule has 2 heterocycles. The normalized spacial score (nSPS) is 10.6. The molecule has 0 radical (unpaired) electrons. The van der Waals surface area contributed by atoms with Gasteiger partial charge in [-0.3, -0.25) is 5.10 Å². The van der Waals surface area contributed by atoms with Crippen LogP contribution in [0.25, 0.3) is 22.4 Å². The Morgan fingerprint density at radius 3 is 2.95 bits per heavy atom. The molecule has 0 bridgehead atoms. The zero-order chi connectivity index (χ0) is 13.2. The van der Waals surface area contributed by atoms with Gasteiger partial charge >= 0.3 is 0 Å². The van der Waals surface area contributed by atoms with Gasteiger partial charge in [0, 0.05) is 11.8 Å². The Kier molecular flexibility index (Phi) is 2.68. The molecule has 6 heteroatoms. The van der Waals surface area contributed by atoms with E-state index in [1.54, 1.807) is 19.5 Å². The molecule has 0 unspecified atom stereocenters. The van der Waals surface area contributed by atoms with Crippen molar-refractivity contribution in [3.63, 3.8) is 0 Å². The molecule has 0 amide bonds. The van der Waals surface area contributed by atoms with Gasteiger partial charge in [0.25, 0.3) is 0 Å². The van der Waals surface area contributed by atoms with Crippen LogP contribution in [0.3, 0.4) is 0 Å². The van der Waals surface area contributed by atoms with Crippen LogP contribution in [0, 0.1) is 0 Å². The van der Waals surface area contributed by atoms with Crippen LogP contribution in [0.5, 0.6) is 5.75 Å². The second kappa shape index (κ2) is 4.49. The summed E-state index contributed by atoms with van der Waals surface area (Å²) in [6.07, 6.45) is 3.40. The molecule has 0 fully saturated rings. The number of anilines is 1. The van der Waals surface area contributed by atoms with Crippen LogP contribution >= 0.6 is 0 Å². The lowest BCUT2D eigenvalue weighted by Gasteiger charge is -2.04. The summed E-state index contributed by atoms with van der Waals surface area (Å²) in [5.74, 6) is 1.01. The van der Waals surface area contributed by atoms with Gasteiger partial charge in [-0.2, -0.15) is 5.10 Å². The number of H-pyrrole nitrogens is 1. The van der Waals surface area contributed by atoms with Crippen molar-refractivity contribution in [3.8, 4) is 28.1 Å². The molecule has 3 rings (SSSR count). The third-order valence-electron chi connectivity index (χ3n) is 2.85. The van der Waals surface area contributed by atoms with E-state index in [0.717, 1.165) is 22.4 Å². The van der Waals surface area contributed by atoms with Crippen molar-refractivity contribution in [1.29, 1.82) is 0 Å². The maximum Gasteiger partial charge on any atom is 0.230 e. The first-order chi connectivity index (χ1) is 9.29. The smallest absolute Gasteiger partial charge is 0.230 e. The summed E-state index contributed by atoms with van der Waals surface area (Å²) in [5, 5.41) is 10.6. The standard InChI is InChI=1S/C13H12N4O2/c1-18-10-4-2-3-8(5-10)11-12(17-19-13(11)14)9-6-15-16-7-9/h2-7H,14H2,1H3,(H,15,16). The fourth-order valence-electron chi connectivity index (χ4n) is 1.94. The zero-order valence-electron chi connectivity index (χ0n) is 10.3. The van der Waals surface area contributed by atoms with E-state index in [9.17, 15) is 0 Å². The second-order valence-corrected chi connectivity index (χ2v) is 3.99. The van der Waals surface area contributed by atoms with E-state index in [-0.39, 0.29) is 5.88 Å². The van der Waals surface area contributed by atoms with Crippen molar-refractivity contribution in [2.45, 2.75) is 0 Å². The van der Waals surface area contributed by atoms with Gasteiger partial charge in [0.15, 0.2) is 0 Å². The van der Waals surface area contributed by atoms with E-state index < -0.39 is 0 Å². The maximum atomic E-state index is 5.87. The van der Waals surface area contributed by atoms with Gasteiger partial charge in [-0.15, -0.1) is 0 Å². The molecule has 0 aliphatic carbocycles. The zero-order valence-corrected chi connectivity index (χ0v) is 10.3. The summed E-state index contributed by atoms with van der Waals surface area (Å²) in [6.45, 7) is 0. The van der Waals surface area contributed by atoms with Crippen molar-refractivity contribution in [1.82, 2.24) is 15.4 Å². The lowest BCUT2D eigenvalue weighted by Crippen LogP contribution is -1.88. The number of benzene rings is 1. The molecular formula is C13H12N4O2. The summed E-state index contributed by atoms with van der Waals surface area (Å²) in [4.78, 5) is 0. The molecule has 0 saturated carbocycles. The average molecular weight is 256 g/mol. The Morgan fingerprint density at radius 2 is 2.21 bits per heavy atom. The highest BCUT2D eigenvalue weighted by Gasteiger charge is 2.18. The molecule has 3 aromatic rings. The van der Waals surface area contributed by atoms with Gasteiger partial charge < -0.3 is 15.0 Å². The van der Waals surface area contributed by atoms with Gasteiger partial charge in [-0.1, -0.05) is 17.3 Å². The van der Waals surface area contributed by atoms with Crippen LogP contribution in [0.1, 0.15) is 0 Å². The summed E-state index contributed by atoms with van der Waals surface area (Å²) in [5.41, 5.74) is 8.96. The minimum Gasteiger partial charge on any atom is -0.497 e. The van der Waals surface area contributed by atoms with Crippen molar-refractivity contribution >= 4 is 5.88 Å². The fourth-order valence-corrected chi connectivity index (χ4v) is 1.94. The van der Waals surface area contributed by atoms with Crippen LogP contribution in [0.2, 0.25) is 0 Å². The highest BCUT2D eigenvalue weighted by atomic mass is 16.5. The predicted molar refractivity (Wildman–Crippen MR) is 70.5 cm³/mol. The molecule has 0 aliphatic heterocycles. The van der Waals surface area contributed by atoms with Gasteiger partial charge in [-0.05, 0) is 17.7 Å². The number of hydrogen-bond donors (Lipinski definition) is 2. The third-order valence-corrected chi connectivity index (χ3v) is 2.85. The molecule has 0 saturated heterocycles. The Labute approximate surface area is 109 Å². The van der Waals surface area contributed by atoms with Crippen molar-refractivity contribution in [3.05, 3.63) is 36.7 Å². The van der Waals surface area contributed by atoms with E-state index in [1.165, 1.54) is 0 Å². The molecule has 96 valence electrons. The van der Waals surface area contributed by atoms with Crippen molar-refractivity contribution in [2.75, 3.05) is 12.8 Å². The summed E-state index contributed by atoms with van der Waals surface area (Å²) < 4.78 is 10.3. The van der Waals surface area contributed by atoms with Crippen molar-refractivity contribution < 1.29 is 9.26 Å². The first-order valence-electron chi connectivity index (χ1n) is 5.68. The highest BCUT2D eigenvalue weighted by Crippen LogP contribution is 2.36. The van der Waals surface area contributed by atoms with Crippen molar-refractivity contribution in [2.24, 2.45) is 0 Å². The van der Waals surface area contributed by atoms with Gasteiger partial charge in [0.2, 0.25) is 5.88 Å². The van der Waals surface area contributed by atoms with Crippen LogP contribution in [0.4, 0.5) is 5.88 Å². The van der Waals surface area contributed by atoms with Crippen LogP contribution < -0.4 is 10.5 Å². The number of methoxy groups -OCH3 is 1. The molecule has 2 aromatic heterocycles. The molecule has 0 atom stereocenters. The number of nitrogens with one attached hydrogen (secondary N) is 1. The molecular weight excluding hydrogens is 244 g/mol. The quantitative estimate of drug-likeness (QED) is 0.750. The molecule has 1 aromatic carbocycles. The monoisotopic (exact) mass is 256 g/mol. The van der Waals surface area contributed by atoms with E-state index in [2.05, 4.69) is 15.4 Å². The number of nitrogen functional groups attached to an aromatic ring is 1. The summed E-state index contributed by atoms with van der Waals surface area (Å²) >= 11 is 0. The van der Waals surface area contributed by atoms with Crippen LogP contribution in [-0.4, -0.2) is 22.5 Å². The topological polar surface area (TPSA) is 90.0 Å². The molecule has 19 heavy (non-hydrogen) atoms. The summed E-state index contributed by atoms with van der Waals surface area (Å²) in [7, 11) is 1.62. The minimum atomic E-state index is 0.268. The Balaban J connectivity index is 2.16. The third kappa shape index (κ3) is 1.93. The minimum absolute atomic E-state index is 0.268. The van der Waals surface area contributed by atoms with E-state index >= 15 is 0 Å². The number of aromatic amines is 1. The number of hydrogen-bond acceptors (Lipinski definition) is 5. The van der Waals surface area contributed by atoms with Crippen LogP contribution in [-0.2, 0) is 0 Å². The Bertz CT molecular complexity index is 688. The first kappa shape index (κ1) is 11.3. The highest BCUT2D eigenvalue weighted by molar-refractivity contribution is 5.86. The number of nitrogens with two attached hydrogens (primary N) is 1. The maximum absolute atomic E-state index is 5.87. The largest absolute Gasteiger partial charge is 0.497 e. The van der Waals surface area contributed by atoms with E-state index in [4.69, 9.17) is 15.0 Å². The number of aromatic nitrogens is 3. The first-order valence-corrected chi connectivity index (χ1v) is 5.68. The Morgan fingerprint density at radius 1 is 1.32 bits per heavy atom. The molecule has 0 spiro atoms. The predicted octanol–water partition coefficient (Wildman–Crippen LogP) is 2.32. The Hall–Kier alpha value is -2.76. The number of nitrogens with zero attached hydrogens (tertiary/aromatic N) is 2. The van der Waals surface area contributed by atoms with Gasteiger partial charge in [0.1, 0.15) is 11.4 Å². The summed E-state index contributed by atoms with van der Waals surface area (Å²) in [6, 6.07) is 7.56. The second-order valence-electron chi connectivity index (χ2n) is 3.99. The molecule has 6 nitrogen and oxygen atoms in total. The number of rotatable bonds is 3. The van der Waals surface area contributed by atoms with Crippen LogP contribution in [0.15, 0.2) is 41.2 Å². The van der Waals surface area contributed by atoms with E-state index in [0.29, 0.717) is 5.69 Å².